The van der Waals surface area contributed by atoms with Crippen molar-refractivity contribution >= 4 is 17.4 Å². The van der Waals surface area contributed by atoms with E-state index in [1.807, 2.05) is 57.5 Å². The number of aromatic nitrogens is 1. The topological polar surface area (TPSA) is 71.5 Å². The Morgan fingerprint density at radius 1 is 1.33 bits per heavy atom. The van der Waals surface area contributed by atoms with Crippen molar-refractivity contribution in [2.75, 3.05) is 6.61 Å². The number of aliphatic hydroxyl groups is 1. The minimum atomic E-state index is -0.554. The van der Waals surface area contributed by atoms with Gasteiger partial charge < -0.3 is 15.2 Å². The maximum atomic E-state index is 12.0. The first kappa shape index (κ1) is 18.4. The summed E-state index contributed by atoms with van der Waals surface area (Å²) in [6.45, 7) is 7.42. The number of hydrogen-bond acceptors (Lipinski definition) is 5. The number of carbonyl (C=O) groups excluding carboxylic acids is 1. The predicted octanol–water partition coefficient (Wildman–Crippen LogP) is 4.07. The van der Waals surface area contributed by atoms with Crippen LogP contribution in [0.2, 0.25) is 0 Å². The molecule has 0 bridgehead atoms. The molecule has 0 aliphatic heterocycles. The first-order chi connectivity index (χ1) is 11.3. The molecule has 0 aliphatic carbocycles. The van der Waals surface area contributed by atoms with Crippen LogP contribution < -0.4 is 5.32 Å². The average Bonchev–Trinajstić information content (AvgIpc) is 2.91. The third-order valence-electron chi connectivity index (χ3n) is 3.43. The molecule has 1 atom stereocenters. The molecule has 0 fully saturated rings. The standard InChI is InChI=1S/C18H24N2O3S/c1-12-16(24-11-19-12)14-7-5-13(6-8-14)15(9-10-21)20-17(22)23-18(2,3)4/h5-8,11,15,21H,9-10H2,1-4H3,(H,20,22)/t15-/m0/s1. The van der Waals surface area contributed by atoms with E-state index >= 15 is 0 Å². The summed E-state index contributed by atoms with van der Waals surface area (Å²) in [5, 5.41) is 12.1. The number of amides is 1. The van der Waals surface area contributed by atoms with E-state index in [-0.39, 0.29) is 12.6 Å². The van der Waals surface area contributed by atoms with Crippen LogP contribution >= 0.6 is 11.3 Å². The van der Waals surface area contributed by atoms with Crippen LogP contribution in [-0.4, -0.2) is 28.4 Å². The summed E-state index contributed by atoms with van der Waals surface area (Å²) < 4.78 is 5.30. The maximum absolute atomic E-state index is 12.0. The molecule has 0 radical (unpaired) electrons. The van der Waals surface area contributed by atoms with Gasteiger partial charge in [0.2, 0.25) is 0 Å². The van der Waals surface area contributed by atoms with Crippen molar-refractivity contribution in [3.8, 4) is 10.4 Å². The highest BCUT2D eigenvalue weighted by Gasteiger charge is 2.20. The lowest BCUT2D eigenvalue weighted by Crippen LogP contribution is -2.35. The summed E-state index contributed by atoms with van der Waals surface area (Å²) in [4.78, 5) is 17.4. The van der Waals surface area contributed by atoms with E-state index in [0.717, 1.165) is 21.7 Å². The Kier molecular flexibility index (Phi) is 5.96. The van der Waals surface area contributed by atoms with Crippen LogP contribution in [-0.2, 0) is 4.74 Å². The number of alkyl carbamates (subject to hydrolysis) is 1. The van der Waals surface area contributed by atoms with Gasteiger partial charge in [-0.25, -0.2) is 9.78 Å². The van der Waals surface area contributed by atoms with Crippen molar-refractivity contribution < 1.29 is 14.6 Å². The lowest BCUT2D eigenvalue weighted by molar-refractivity contribution is 0.0496. The van der Waals surface area contributed by atoms with Gasteiger partial charge in [0.15, 0.2) is 0 Å². The zero-order valence-electron chi connectivity index (χ0n) is 14.5. The van der Waals surface area contributed by atoms with Gasteiger partial charge in [-0.15, -0.1) is 11.3 Å². The molecule has 0 saturated heterocycles. The summed E-state index contributed by atoms with van der Waals surface area (Å²) in [6, 6.07) is 7.66. The fourth-order valence-corrected chi connectivity index (χ4v) is 3.16. The number of rotatable bonds is 5. The summed E-state index contributed by atoms with van der Waals surface area (Å²) in [5.74, 6) is 0. The molecule has 0 saturated carbocycles. The van der Waals surface area contributed by atoms with Gasteiger partial charge in [-0.3, -0.25) is 0 Å². The molecule has 2 rings (SSSR count). The molecule has 1 amide bonds. The summed E-state index contributed by atoms with van der Waals surface area (Å²) >= 11 is 1.60. The number of hydrogen-bond donors (Lipinski definition) is 2. The Balaban J connectivity index is 2.13. The van der Waals surface area contributed by atoms with Gasteiger partial charge in [0, 0.05) is 6.61 Å². The van der Waals surface area contributed by atoms with Gasteiger partial charge in [-0.1, -0.05) is 24.3 Å². The molecule has 0 spiro atoms. The highest BCUT2D eigenvalue weighted by molar-refractivity contribution is 7.13. The van der Waals surface area contributed by atoms with Crippen LogP contribution in [0.3, 0.4) is 0 Å². The molecule has 130 valence electrons. The van der Waals surface area contributed by atoms with Crippen LogP contribution in [0.5, 0.6) is 0 Å². The zero-order chi connectivity index (χ0) is 17.7. The highest BCUT2D eigenvalue weighted by Crippen LogP contribution is 2.28. The first-order valence-corrected chi connectivity index (χ1v) is 8.79. The summed E-state index contributed by atoms with van der Waals surface area (Å²) in [7, 11) is 0. The Labute approximate surface area is 146 Å². The number of ether oxygens (including phenoxy) is 1. The summed E-state index contributed by atoms with van der Waals surface area (Å²) in [6.07, 6.45) is -0.0543. The Bertz CT molecular complexity index is 674. The van der Waals surface area contributed by atoms with Gasteiger partial charge in [-0.2, -0.15) is 0 Å². The number of carbonyl (C=O) groups is 1. The third kappa shape index (κ3) is 5.04. The minimum Gasteiger partial charge on any atom is -0.444 e. The van der Waals surface area contributed by atoms with Crippen LogP contribution in [0.25, 0.3) is 10.4 Å². The van der Waals surface area contributed by atoms with Gasteiger partial charge in [0.05, 0.1) is 22.1 Å². The van der Waals surface area contributed by atoms with Crippen LogP contribution in [0.1, 0.15) is 44.5 Å². The van der Waals surface area contributed by atoms with Crippen molar-refractivity contribution in [2.45, 2.75) is 45.8 Å². The number of nitrogens with zero attached hydrogens (tertiary/aromatic N) is 1. The number of aryl methyl sites for hydroxylation is 1. The molecular formula is C18H24N2O3S. The van der Waals surface area contributed by atoms with E-state index in [2.05, 4.69) is 10.3 Å². The number of nitrogens with one attached hydrogen (secondary N) is 1. The number of aliphatic hydroxyl groups excluding tert-OH is 1. The third-order valence-corrected chi connectivity index (χ3v) is 4.41. The molecular weight excluding hydrogens is 324 g/mol. The Morgan fingerprint density at radius 3 is 2.50 bits per heavy atom. The number of thiazole rings is 1. The lowest BCUT2D eigenvalue weighted by atomic mass is 10.0. The van der Waals surface area contributed by atoms with Crippen LogP contribution in [0, 0.1) is 6.92 Å². The SMILES string of the molecule is Cc1ncsc1-c1ccc([C@H](CCO)NC(=O)OC(C)(C)C)cc1. The van der Waals surface area contributed by atoms with E-state index in [9.17, 15) is 9.90 Å². The molecule has 0 aliphatic rings. The Hall–Kier alpha value is -1.92. The molecule has 1 aromatic carbocycles. The largest absolute Gasteiger partial charge is 0.444 e. The van der Waals surface area contributed by atoms with Gasteiger partial charge in [0.1, 0.15) is 5.60 Å². The second-order valence-corrected chi connectivity index (χ2v) is 7.45. The quantitative estimate of drug-likeness (QED) is 0.854. The Morgan fingerprint density at radius 2 is 2.00 bits per heavy atom. The van der Waals surface area contributed by atoms with Gasteiger partial charge in [0.25, 0.3) is 0 Å². The first-order valence-electron chi connectivity index (χ1n) is 7.91. The maximum Gasteiger partial charge on any atom is 0.408 e. The average molecular weight is 348 g/mol. The molecule has 2 N–H and O–H groups in total. The lowest BCUT2D eigenvalue weighted by Gasteiger charge is -2.23. The second-order valence-electron chi connectivity index (χ2n) is 6.60. The minimum absolute atomic E-state index is 0.0177. The van der Waals surface area contributed by atoms with Crippen molar-refractivity contribution in [3.05, 3.63) is 41.0 Å². The predicted molar refractivity (Wildman–Crippen MR) is 96.1 cm³/mol. The molecule has 6 heteroatoms. The van der Waals surface area contributed by atoms with E-state index in [0.29, 0.717) is 6.42 Å². The van der Waals surface area contributed by atoms with E-state index in [1.54, 1.807) is 11.3 Å². The van der Waals surface area contributed by atoms with Crippen LogP contribution in [0.4, 0.5) is 4.79 Å². The van der Waals surface area contributed by atoms with Crippen molar-refractivity contribution in [1.82, 2.24) is 10.3 Å². The molecule has 5 nitrogen and oxygen atoms in total. The van der Waals surface area contributed by atoms with Crippen molar-refractivity contribution in [2.24, 2.45) is 0 Å². The van der Waals surface area contributed by atoms with Crippen molar-refractivity contribution in [3.63, 3.8) is 0 Å². The fraction of sp³-hybridized carbons (Fsp3) is 0.444. The second kappa shape index (κ2) is 7.77. The molecule has 1 heterocycles. The van der Waals surface area contributed by atoms with E-state index in [1.165, 1.54) is 0 Å². The highest BCUT2D eigenvalue weighted by atomic mass is 32.1. The molecule has 1 aromatic heterocycles. The van der Waals surface area contributed by atoms with Crippen LogP contribution in [0.15, 0.2) is 29.8 Å². The van der Waals surface area contributed by atoms with Crippen molar-refractivity contribution in [1.29, 1.82) is 0 Å². The number of benzene rings is 1. The zero-order valence-corrected chi connectivity index (χ0v) is 15.3. The molecule has 2 aromatic rings. The fourth-order valence-electron chi connectivity index (χ4n) is 2.35. The molecule has 0 unspecified atom stereocenters. The monoisotopic (exact) mass is 348 g/mol. The van der Waals surface area contributed by atoms with E-state index in [4.69, 9.17) is 4.74 Å². The smallest absolute Gasteiger partial charge is 0.408 e. The van der Waals surface area contributed by atoms with Gasteiger partial charge in [-0.05, 0) is 45.2 Å². The molecule has 24 heavy (non-hydrogen) atoms. The normalized spacial score (nSPS) is 12.7. The van der Waals surface area contributed by atoms with Gasteiger partial charge >= 0.3 is 6.09 Å². The van der Waals surface area contributed by atoms with E-state index < -0.39 is 11.7 Å². The summed E-state index contributed by atoms with van der Waals surface area (Å²) in [5.41, 5.74) is 4.31.